The largest absolute Gasteiger partial charge is 0.463 e. The third kappa shape index (κ3) is 4.62. The smallest absolute Gasteiger partial charge is 0.441 e. The summed E-state index contributed by atoms with van der Waals surface area (Å²) < 4.78 is 46.9. The first-order valence-corrected chi connectivity index (χ1v) is 8.57. The Morgan fingerprint density at radius 1 is 1.00 bits per heavy atom. The molecule has 28 heavy (non-hydrogen) atoms. The summed E-state index contributed by atoms with van der Waals surface area (Å²) in [7, 11) is 0. The number of rotatable bonds is 6. The number of anilines is 1. The van der Waals surface area contributed by atoms with Gasteiger partial charge in [0.15, 0.2) is 0 Å². The molecule has 1 atom stereocenters. The van der Waals surface area contributed by atoms with Crippen molar-refractivity contribution in [2.75, 3.05) is 11.9 Å². The van der Waals surface area contributed by atoms with Crippen molar-refractivity contribution in [2.24, 2.45) is 0 Å². The number of carbonyl (C=O) groups is 2. The molecule has 0 saturated carbocycles. The fraction of sp³-hybridized carbons (Fsp3) is 0.300. The number of alkyl halides is 3. The molecule has 8 heteroatoms. The molecule has 2 aromatic carbocycles. The summed E-state index contributed by atoms with van der Waals surface area (Å²) in [5.41, 5.74) is -1.95. The minimum atomic E-state index is -5.18. The predicted molar refractivity (Wildman–Crippen MR) is 98.9 cm³/mol. The Labute approximate surface area is 160 Å². The third-order valence-corrected chi connectivity index (χ3v) is 3.97. The maximum atomic E-state index is 14.1. The Morgan fingerprint density at radius 3 is 2.18 bits per heavy atom. The molecule has 2 rings (SSSR count). The highest BCUT2D eigenvalue weighted by atomic mass is 19.4. The van der Waals surface area contributed by atoms with E-state index < -0.39 is 23.7 Å². The van der Waals surface area contributed by atoms with Crippen molar-refractivity contribution >= 4 is 17.6 Å². The topological polar surface area (TPSA) is 67.4 Å². The average molecular weight is 394 g/mol. The minimum Gasteiger partial charge on any atom is -0.463 e. The van der Waals surface area contributed by atoms with Gasteiger partial charge in [0.05, 0.1) is 6.61 Å². The molecule has 5 nitrogen and oxygen atoms in total. The van der Waals surface area contributed by atoms with E-state index >= 15 is 0 Å². The van der Waals surface area contributed by atoms with Crippen molar-refractivity contribution in [1.29, 1.82) is 0 Å². The van der Waals surface area contributed by atoms with Crippen LogP contribution < -0.4 is 10.6 Å². The summed E-state index contributed by atoms with van der Waals surface area (Å²) in [6, 6.07) is 11.9. The molecule has 150 valence electrons. The van der Waals surface area contributed by atoms with Crippen LogP contribution >= 0.6 is 0 Å². The first-order chi connectivity index (χ1) is 13.1. The summed E-state index contributed by atoms with van der Waals surface area (Å²) in [5.74, 6) is -2.71. The molecule has 0 fully saturated rings. The third-order valence-electron chi connectivity index (χ3n) is 3.97. The molecule has 0 aliphatic heterocycles. The zero-order valence-electron chi connectivity index (χ0n) is 15.7. The van der Waals surface area contributed by atoms with Gasteiger partial charge in [0.2, 0.25) is 0 Å². The molecule has 0 heterocycles. The van der Waals surface area contributed by atoms with Crippen LogP contribution in [0.25, 0.3) is 0 Å². The van der Waals surface area contributed by atoms with Crippen LogP contribution in [0.15, 0.2) is 48.5 Å². The van der Waals surface area contributed by atoms with Gasteiger partial charge in [-0.25, -0.2) is 4.79 Å². The summed E-state index contributed by atoms with van der Waals surface area (Å²) in [6.45, 7) is 4.56. The lowest BCUT2D eigenvalue weighted by Crippen LogP contribution is -2.69. The number of benzene rings is 2. The van der Waals surface area contributed by atoms with Crippen molar-refractivity contribution in [2.45, 2.75) is 32.6 Å². The summed E-state index contributed by atoms with van der Waals surface area (Å²) >= 11 is 0. The number of aryl methyl sites for hydroxylation is 2. The summed E-state index contributed by atoms with van der Waals surface area (Å²) in [5, 5.41) is 3.94. The van der Waals surface area contributed by atoms with E-state index in [-0.39, 0.29) is 17.9 Å². The van der Waals surface area contributed by atoms with Gasteiger partial charge >= 0.3 is 17.8 Å². The van der Waals surface area contributed by atoms with Crippen LogP contribution in [0.4, 0.5) is 18.9 Å². The van der Waals surface area contributed by atoms with Gasteiger partial charge in [-0.15, -0.1) is 0 Å². The van der Waals surface area contributed by atoms with E-state index in [1.807, 2.05) is 5.32 Å². The molecule has 1 amide bonds. The van der Waals surface area contributed by atoms with Crippen molar-refractivity contribution in [3.05, 3.63) is 65.2 Å². The molecule has 0 bridgehead atoms. The molecule has 0 aliphatic carbocycles. The van der Waals surface area contributed by atoms with Gasteiger partial charge in [0.25, 0.3) is 5.91 Å². The number of carbonyl (C=O) groups excluding carboxylic acids is 2. The second-order valence-corrected chi connectivity index (χ2v) is 6.28. The van der Waals surface area contributed by atoms with E-state index in [0.717, 1.165) is 5.56 Å². The van der Waals surface area contributed by atoms with E-state index in [1.54, 1.807) is 32.0 Å². The van der Waals surface area contributed by atoms with Crippen LogP contribution in [0.5, 0.6) is 0 Å². The fourth-order valence-electron chi connectivity index (χ4n) is 2.51. The minimum absolute atomic E-state index is 0.000482. The first-order valence-electron chi connectivity index (χ1n) is 8.57. The van der Waals surface area contributed by atoms with Crippen molar-refractivity contribution in [1.82, 2.24) is 5.32 Å². The number of hydrogen-bond acceptors (Lipinski definition) is 4. The predicted octanol–water partition coefficient (Wildman–Crippen LogP) is 3.97. The lowest BCUT2D eigenvalue weighted by molar-refractivity contribution is -0.204. The Morgan fingerprint density at radius 2 is 1.64 bits per heavy atom. The molecule has 0 radical (unpaired) electrons. The fourth-order valence-corrected chi connectivity index (χ4v) is 2.51. The Kier molecular flexibility index (Phi) is 6.33. The second-order valence-electron chi connectivity index (χ2n) is 6.28. The molecular formula is C20H21F3N2O3. The van der Waals surface area contributed by atoms with Crippen LogP contribution in [0.3, 0.4) is 0 Å². The summed E-state index contributed by atoms with van der Waals surface area (Å²) in [6.07, 6.45) is -5.18. The quantitative estimate of drug-likeness (QED) is 0.575. The van der Waals surface area contributed by atoms with Gasteiger partial charge < -0.3 is 15.4 Å². The molecule has 2 N–H and O–H groups in total. The molecule has 0 unspecified atom stereocenters. The maximum absolute atomic E-state index is 14.1. The van der Waals surface area contributed by atoms with Gasteiger partial charge in [0, 0.05) is 11.3 Å². The Hall–Kier alpha value is -3.03. The van der Waals surface area contributed by atoms with Gasteiger partial charge in [-0.05, 0) is 45.0 Å². The normalized spacial score (nSPS) is 13.4. The van der Waals surface area contributed by atoms with Gasteiger partial charge in [0.1, 0.15) is 0 Å². The highest BCUT2D eigenvalue weighted by Crippen LogP contribution is 2.33. The number of hydrogen-bond donors (Lipinski definition) is 2. The van der Waals surface area contributed by atoms with E-state index in [0.29, 0.717) is 5.56 Å². The highest BCUT2D eigenvalue weighted by molar-refractivity contribution is 5.99. The van der Waals surface area contributed by atoms with Crippen molar-refractivity contribution < 1.29 is 27.5 Å². The van der Waals surface area contributed by atoms with E-state index in [9.17, 15) is 22.8 Å². The van der Waals surface area contributed by atoms with Gasteiger partial charge in [-0.2, -0.15) is 13.2 Å². The number of amides is 1. The van der Waals surface area contributed by atoms with Gasteiger partial charge in [-0.1, -0.05) is 35.4 Å². The monoisotopic (exact) mass is 394 g/mol. The number of halogens is 3. The Bertz CT molecular complexity index is 851. The maximum Gasteiger partial charge on any atom is 0.441 e. The van der Waals surface area contributed by atoms with Gasteiger partial charge in [-0.3, -0.25) is 4.79 Å². The zero-order chi connectivity index (χ0) is 20.9. The van der Waals surface area contributed by atoms with E-state index in [1.165, 1.54) is 37.3 Å². The van der Waals surface area contributed by atoms with Crippen LogP contribution in [0.2, 0.25) is 0 Å². The molecule has 0 saturated heterocycles. The lowest BCUT2D eigenvalue weighted by atomic mass is 10.1. The molecule has 0 aromatic heterocycles. The second kappa shape index (κ2) is 8.33. The van der Waals surface area contributed by atoms with Crippen LogP contribution in [-0.2, 0) is 9.53 Å². The number of ether oxygens (including phenoxy) is 1. The first kappa shape index (κ1) is 21.3. The molecule has 0 spiro atoms. The molecular weight excluding hydrogens is 373 g/mol. The molecule has 0 aliphatic rings. The average Bonchev–Trinajstić information content (AvgIpc) is 2.62. The standard InChI is InChI=1S/C20H21F3N2O3/c1-4-28-18(27)19(20(21,22)23,24-16-10-8-13(2)9-11-16)25-17(26)15-7-5-6-14(3)12-15/h5-12,24H,4H2,1-3H3,(H,25,26)/t19-/m0/s1. The van der Waals surface area contributed by atoms with Crippen molar-refractivity contribution in [3.8, 4) is 0 Å². The Balaban J connectivity index is 2.50. The number of nitrogens with one attached hydrogen (secondary N) is 2. The zero-order valence-corrected chi connectivity index (χ0v) is 15.7. The molecule has 2 aromatic rings. The van der Waals surface area contributed by atoms with Crippen LogP contribution in [0, 0.1) is 13.8 Å². The highest BCUT2D eigenvalue weighted by Gasteiger charge is 2.63. The van der Waals surface area contributed by atoms with E-state index in [4.69, 9.17) is 0 Å². The number of esters is 1. The SMILES string of the molecule is CCOC(=O)[C@@](NC(=O)c1cccc(C)c1)(Nc1ccc(C)cc1)C(F)(F)F. The van der Waals surface area contributed by atoms with Crippen LogP contribution in [0.1, 0.15) is 28.4 Å². The van der Waals surface area contributed by atoms with E-state index in [2.05, 4.69) is 10.1 Å². The summed E-state index contributed by atoms with van der Waals surface area (Å²) in [4.78, 5) is 25.0. The van der Waals surface area contributed by atoms with Crippen LogP contribution in [-0.4, -0.2) is 30.3 Å². The van der Waals surface area contributed by atoms with Crippen molar-refractivity contribution in [3.63, 3.8) is 0 Å². The lowest BCUT2D eigenvalue weighted by Gasteiger charge is -2.35.